The van der Waals surface area contributed by atoms with Crippen LogP contribution in [0.15, 0.2) is 36.7 Å². The first kappa shape index (κ1) is 13.7. The monoisotopic (exact) mass is 284 g/mol. The SMILES string of the molecule is CN(CCc1cn[nH]c1)C(=O)Nc1ccccc1C1CC1. The molecule has 1 aliphatic carbocycles. The van der Waals surface area contributed by atoms with E-state index in [2.05, 4.69) is 21.6 Å². The van der Waals surface area contributed by atoms with E-state index in [-0.39, 0.29) is 6.03 Å². The van der Waals surface area contributed by atoms with Crippen LogP contribution in [0, 0.1) is 0 Å². The number of hydrogen-bond donors (Lipinski definition) is 2. The number of aromatic nitrogens is 2. The fourth-order valence-corrected chi connectivity index (χ4v) is 2.38. The molecular weight excluding hydrogens is 264 g/mol. The molecular formula is C16H20N4O. The van der Waals surface area contributed by atoms with Crippen molar-refractivity contribution in [3.05, 3.63) is 47.8 Å². The van der Waals surface area contributed by atoms with E-state index in [0.717, 1.165) is 17.7 Å². The van der Waals surface area contributed by atoms with Crippen LogP contribution in [0.25, 0.3) is 0 Å². The van der Waals surface area contributed by atoms with E-state index >= 15 is 0 Å². The number of rotatable bonds is 5. The van der Waals surface area contributed by atoms with E-state index in [9.17, 15) is 4.79 Å². The topological polar surface area (TPSA) is 61.0 Å². The van der Waals surface area contributed by atoms with Gasteiger partial charge in [0.15, 0.2) is 0 Å². The first-order valence-corrected chi connectivity index (χ1v) is 7.33. The van der Waals surface area contributed by atoms with Gasteiger partial charge in [0.1, 0.15) is 0 Å². The van der Waals surface area contributed by atoms with Crippen molar-refractivity contribution < 1.29 is 4.79 Å². The van der Waals surface area contributed by atoms with Gasteiger partial charge in [0.2, 0.25) is 0 Å². The fourth-order valence-electron chi connectivity index (χ4n) is 2.38. The Morgan fingerprint density at radius 3 is 2.95 bits per heavy atom. The second-order valence-corrected chi connectivity index (χ2v) is 5.57. The number of H-pyrrole nitrogens is 1. The van der Waals surface area contributed by atoms with Crippen molar-refractivity contribution in [2.45, 2.75) is 25.2 Å². The number of carbonyl (C=O) groups excluding carboxylic acids is 1. The lowest BCUT2D eigenvalue weighted by Crippen LogP contribution is -2.33. The molecule has 0 unspecified atom stereocenters. The van der Waals surface area contributed by atoms with Crippen LogP contribution in [0.3, 0.4) is 0 Å². The van der Waals surface area contributed by atoms with Gasteiger partial charge in [-0.05, 0) is 42.4 Å². The van der Waals surface area contributed by atoms with Crippen LogP contribution >= 0.6 is 0 Å². The molecule has 1 aliphatic rings. The van der Waals surface area contributed by atoms with Crippen LogP contribution in [0.2, 0.25) is 0 Å². The number of anilines is 1. The van der Waals surface area contributed by atoms with E-state index in [0.29, 0.717) is 12.5 Å². The number of aromatic amines is 1. The number of carbonyl (C=O) groups is 1. The van der Waals surface area contributed by atoms with Crippen LogP contribution in [-0.2, 0) is 6.42 Å². The Kier molecular flexibility index (Phi) is 3.90. The highest BCUT2D eigenvalue weighted by molar-refractivity contribution is 5.90. The number of para-hydroxylation sites is 1. The zero-order valence-corrected chi connectivity index (χ0v) is 12.2. The summed E-state index contributed by atoms with van der Waals surface area (Å²) in [4.78, 5) is 14.0. The lowest BCUT2D eigenvalue weighted by Gasteiger charge is -2.19. The Morgan fingerprint density at radius 1 is 1.43 bits per heavy atom. The average molecular weight is 284 g/mol. The number of hydrogen-bond acceptors (Lipinski definition) is 2. The van der Waals surface area contributed by atoms with Gasteiger partial charge in [0.25, 0.3) is 0 Å². The van der Waals surface area contributed by atoms with Gasteiger partial charge < -0.3 is 10.2 Å². The summed E-state index contributed by atoms with van der Waals surface area (Å²) in [6.07, 6.45) is 6.89. The third kappa shape index (κ3) is 3.42. The van der Waals surface area contributed by atoms with Gasteiger partial charge in [-0.3, -0.25) is 5.10 Å². The highest BCUT2D eigenvalue weighted by Crippen LogP contribution is 2.43. The molecule has 2 aromatic rings. The minimum absolute atomic E-state index is 0.0633. The summed E-state index contributed by atoms with van der Waals surface area (Å²) < 4.78 is 0. The molecule has 1 aromatic carbocycles. The Balaban J connectivity index is 1.58. The predicted octanol–water partition coefficient (Wildman–Crippen LogP) is 2.99. The number of nitrogens with zero attached hydrogens (tertiary/aromatic N) is 2. The van der Waals surface area contributed by atoms with Gasteiger partial charge in [0.05, 0.1) is 6.20 Å². The Labute approximate surface area is 124 Å². The minimum Gasteiger partial charge on any atom is -0.327 e. The molecule has 1 saturated carbocycles. The normalized spacial score (nSPS) is 14.0. The number of urea groups is 1. The molecule has 0 spiro atoms. The van der Waals surface area contributed by atoms with Crippen molar-refractivity contribution >= 4 is 11.7 Å². The molecule has 0 aliphatic heterocycles. The Bertz CT molecular complexity index is 604. The molecule has 0 atom stereocenters. The van der Waals surface area contributed by atoms with Crippen LogP contribution in [0.5, 0.6) is 0 Å². The molecule has 0 radical (unpaired) electrons. The molecule has 5 heteroatoms. The number of benzene rings is 1. The number of likely N-dealkylation sites (N-methyl/N-ethyl adjacent to an activating group) is 1. The highest BCUT2D eigenvalue weighted by Gasteiger charge is 2.26. The van der Waals surface area contributed by atoms with Crippen LogP contribution in [-0.4, -0.2) is 34.7 Å². The van der Waals surface area contributed by atoms with Gasteiger partial charge in [0, 0.05) is 25.5 Å². The third-order valence-corrected chi connectivity index (χ3v) is 3.86. The molecule has 0 saturated heterocycles. The zero-order valence-electron chi connectivity index (χ0n) is 12.2. The van der Waals surface area contributed by atoms with Crippen molar-refractivity contribution in [2.75, 3.05) is 18.9 Å². The molecule has 110 valence electrons. The minimum atomic E-state index is -0.0633. The van der Waals surface area contributed by atoms with Crippen molar-refractivity contribution in [1.29, 1.82) is 0 Å². The smallest absolute Gasteiger partial charge is 0.321 e. The van der Waals surface area contributed by atoms with Crippen molar-refractivity contribution in [3.63, 3.8) is 0 Å². The predicted molar refractivity (Wildman–Crippen MR) is 82.4 cm³/mol. The summed E-state index contributed by atoms with van der Waals surface area (Å²) in [7, 11) is 1.81. The summed E-state index contributed by atoms with van der Waals surface area (Å²) in [5.41, 5.74) is 3.31. The average Bonchev–Trinajstić information content (AvgIpc) is 3.21. The summed E-state index contributed by atoms with van der Waals surface area (Å²) in [5, 5.41) is 9.71. The maximum atomic E-state index is 12.3. The quantitative estimate of drug-likeness (QED) is 0.886. The van der Waals surface area contributed by atoms with Crippen LogP contribution in [0.1, 0.15) is 29.9 Å². The van der Waals surface area contributed by atoms with Gasteiger partial charge in [-0.2, -0.15) is 5.10 Å². The third-order valence-electron chi connectivity index (χ3n) is 3.86. The van der Waals surface area contributed by atoms with E-state index in [1.165, 1.54) is 18.4 Å². The number of amides is 2. The standard InChI is InChI=1S/C16H20N4O/c1-20(9-8-12-10-17-18-11-12)16(21)19-15-5-3-2-4-14(15)13-6-7-13/h2-5,10-11,13H,6-9H2,1H3,(H,17,18)(H,19,21). The van der Waals surface area contributed by atoms with Gasteiger partial charge in [-0.15, -0.1) is 0 Å². The first-order chi connectivity index (χ1) is 10.2. The van der Waals surface area contributed by atoms with E-state index in [1.807, 2.05) is 31.4 Å². The molecule has 1 aromatic heterocycles. The van der Waals surface area contributed by atoms with Gasteiger partial charge >= 0.3 is 6.03 Å². The van der Waals surface area contributed by atoms with Crippen LogP contribution in [0.4, 0.5) is 10.5 Å². The fraction of sp³-hybridized carbons (Fsp3) is 0.375. The van der Waals surface area contributed by atoms with E-state index < -0.39 is 0 Å². The second-order valence-electron chi connectivity index (χ2n) is 5.57. The van der Waals surface area contributed by atoms with Gasteiger partial charge in [-0.1, -0.05) is 18.2 Å². The van der Waals surface area contributed by atoms with E-state index in [4.69, 9.17) is 0 Å². The van der Waals surface area contributed by atoms with Gasteiger partial charge in [-0.25, -0.2) is 4.79 Å². The second kappa shape index (κ2) is 5.99. The molecule has 1 heterocycles. The summed E-state index contributed by atoms with van der Waals surface area (Å²) in [6, 6.07) is 8.03. The number of nitrogens with one attached hydrogen (secondary N) is 2. The highest BCUT2D eigenvalue weighted by atomic mass is 16.2. The molecule has 0 bridgehead atoms. The van der Waals surface area contributed by atoms with Crippen molar-refractivity contribution in [2.24, 2.45) is 0 Å². The largest absolute Gasteiger partial charge is 0.327 e. The summed E-state index contributed by atoms with van der Waals surface area (Å²) >= 11 is 0. The summed E-state index contributed by atoms with van der Waals surface area (Å²) in [6.45, 7) is 0.664. The van der Waals surface area contributed by atoms with E-state index in [1.54, 1.807) is 11.1 Å². The lowest BCUT2D eigenvalue weighted by molar-refractivity contribution is 0.223. The first-order valence-electron chi connectivity index (χ1n) is 7.33. The molecule has 1 fully saturated rings. The molecule has 5 nitrogen and oxygen atoms in total. The molecule has 2 N–H and O–H groups in total. The Hall–Kier alpha value is -2.30. The maximum absolute atomic E-state index is 12.3. The molecule has 21 heavy (non-hydrogen) atoms. The molecule has 2 amide bonds. The van der Waals surface area contributed by atoms with Crippen molar-refractivity contribution in [3.8, 4) is 0 Å². The zero-order chi connectivity index (χ0) is 14.7. The molecule has 3 rings (SSSR count). The lowest BCUT2D eigenvalue weighted by atomic mass is 10.1. The maximum Gasteiger partial charge on any atom is 0.321 e. The van der Waals surface area contributed by atoms with Crippen molar-refractivity contribution in [1.82, 2.24) is 15.1 Å². The summed E-state index contributed by atoms with van der Waals surface area (Å²) in [5.74, 6) is 0.623. The Morgan fingerprint density at radius 2 is 2.24 bits per heavy atom. The van der Waals surface area contributed by atoms with Crippen LogP contribution < -0.4 is 5.32 Å².